The Morgan fingerprint density at radius 3 is 2.35 bits per heavy atom. The third-order valence-electron chi connectivity index (χ3n) is 3.12. The van der Waals surface area contributed by atoms with Crippen LogP contribution < -0.4 is 5.43 Å². The van der Waals surface area contributed by atoms with Crippen molar-refractivity contribution in [3.05, 3.63) is 33.7 Å². The second kappa shape index (κ2) is 6.88. The minimum absolute atomic E-state index is 0.0339. The molecule has 0 bridgehead atoms. The number of aromatic nitrogens is 1. The maximum absolute atomic E-state index is 12.1. The van der Waals surface area contributed by atoms with Crippen molar-refractivity contribution in [3.63, 3.8) is 0 Å². The number of H-pyrrole nitrogens is 1. The van der Waals surface area contributed by atoms with E-state index in [0.29, 0.717) is 18.8 Å². The number of carbonyl (C=O) groups excluding carboxylic acids is 2. The van der Waals surface area contributed by atoms with Gasteiger partial charge in [0.2, 0.25) is 5.91 Å². The van der Waals surface area contributed by atoms with E-state index in [1.807, 2.05) is 13.8 Å². The van der Waals surface area contributed by atoms with Crippen molar-refractivity contribution < 1.29 is 9.59 Å². The van der Waals surface area contributed by atoms with Crippen molar-refractivity contribution in [1.29, 1.82) is 0 Å². The van der Waals surface area contributed by atoms with E-state index in [1.165, 1.54) is 24.2 Å². The number of rotatable bonds is 5. The summed E-state index contributed by atoms with van der Waals surface area (Å²) in [4.78, 5) is 41.6. The van der Waals surface area contributed by atoms with Crippen LogP contribution in [0.2, 0.25) is 0 Å². The summed E-state index contributed by atoms with van der Waals surface area (Å²) >= 11 is 0. The van der Waals surface area contributed by atoms with Gasteiger partial charge < -0.3 is 14.8 Å². The van der Waals surface area contributed by atoms with Crippen molar-refractivity contribution in [2.45, 2.75) is 20.8 Å². The Kier molecular flexibility index (Phi) is 5.49. The summed E-state index contributed by atoms with van der Waals surface area (Å²) in [6.45, 7) is 6.67. The van der Waals surface area contributed by atoms with Gasteiger partial charge >= 0.3 is 0 Å². The van der Waals surface area contributed by atoms with Crippen molar-refractivity contribution in [3.8, 4) is 0 Å². The Labute approximate surface area is 118 Å². The van der Waals surface area contributed by atoms with Gasteiger partial charge in [-0.2, -0.15) is 0 Å². The third-order valence-corrected chi connectivity index (χ3v) is 3.12. The molecule has 1 aromatic heterocycles. The largest absolute Gasteiger partial charge is 0.364 e. The zero-order chi connectivity index (χ0) is 15.3. The second-order valence-corrected chi connectivity index (χ2v) is 4.62. The molecule has 6 nitrogen and oxygen atoms in total. The molecule has 6 heteroatoms. The van der Waals surface area contributed by atoms with E-state index in [2.05, 4.69) is 4.98 Å². The number of pyridine rings is 1. The van der Waals surface area contributed by atoms with Crippen molar-refractivity contribution in [2.75, 3.05) is 26.7 Å². The van der Waals surface area contributed by atoms with Crippen LogP contribution in [0.4, 0.5) is 0 Å². The molecule has 0 fully saturated rings. The predicted molar refractivity (Wildman–Crippen MR) is 76.7 cm³/mol. The molecule has 0 radical (unpaired) electrons. The maximum Gasteiger partial charge on any atom is 0.259 e. The number of hydrogen-bond acceptors (Lipinski definition) is 3. The highest BCUT2D eigenvalue weighted by Gasteiger charge is 2.19. The maximum atomic E-state index is 12.1. The molecule has 1 heterocycles. The average molecular weight is 279 g/mol. The summed E-state index contributed by atoms with van der Waals surface area (Å²) in [6.07, 6.45) is 1.39. The van der Waals surface area contributed by atoms with E-state index < -0.39 is 5.91 Å². The number of hydrogen-bond donors (Lipinski definition) is 1. The van der Waals surface area contributed by atoms with Gasteiger partial charge in [0, 0.05) is 38.1 Å². The molecule has 2 amide bonds. The number of amides is 2. The van der Waals surface area contributed by atoms with E-state index in [1.54, 1.807) is 11.8 Å². The van der Waals surface area contributed by atoms with Gasteiger partial charge in [-0.3, -0.25) is 14.4 Å². The zero-order valence-corrected chi connectivity index (χ0v) is 12.4. The lowest BCUT2D eigenvalue weighted by molar-refractivity contribution is -0.131. The topological polar surface area (TPSA) is 73.5 Å². The number of nitrogens with zero attached hydrogens (tertiary/aromatic N) is 2. The first-order chi connectivity index (χ1) is 9.40. The van der Waals surface area contributed by atoms with Gasteiger partial charge in [0.1, 0.15) is 5.56 Å². The quantitative estimate of drug-likeness (QED) is 0.859. The lowest BCUT2D eigenvalue weighted by Crippen LogP contribution is -2.42. The molecule has 1 rings (SSSR count). The van der Waals surface area contributed by atoms with Crippen LogP contribution in [0.1, 0.15) is 29.9 Å². The van der Waals surface area contributed by atoms with Gasteiger partial charge in [0.15, 0.2) is 5.43 Å². The van der Waals surface area contributed by atoms with Gasteiger partial charge in [-0.15, -0.1) is 0 Å². The van der Waals surface area contributed by atoms with Gasteiger partial charge in [-0.05, 0) is 20.8 Å². The molecule has 1 N–H and O–H groups in total. The van der Waals surface area contributed by atoms with Crippen LogP contribution in [-0.4, -0.2) is 53.3 Å². The SMILES string of the molecule is CCN(CC)C(=O)CN(C)C(=O)c1c[nH]c(C)cc1=O. The van der Waals surface area contributed by atoms with Gasteiger partial charge in [-0.25, -0.2) is 0 Å². The van der Waals surface area contributed by atoms with Crippen LogP contribution in [0.3, 0.4) is 0 Å². The van der Waals surface area contributed by atoms with Gasteiger partial charge in [0.05, 0.1) is 6.54 Å². The van der Waals surface area contributed by atoms with Gasteiger partial charge in [-0.1, -0.05) is 0 Å². The van der Waals surface area contributed by atoms with Crippen molar-refractivity contribution in [1.82, 2.24) is 14.8 Å². The monoisotopic (exact) mass is 279 g/mol. The van der Waals surface area contributed by atoms with Crippen LogP contribution >= 0.6 is 0 Å². The highest BCUT2D eigenvalue weighted by molar-refractivity contribution is 5.96. The first kappa shape index (κ1) is 15.9. The molecule has 0 unspecified atom stereocenters. The molecule has 20 heavy (non-hydrogen) atoms. The molecule has 0 atom stereocenters. The summed E-state index contributed by atoms with van der Waals surface area (Å²) in [7, 11) is 1.52. The molecule has 0 aliphatic carbocycles. The van der Waals surface area contributed by atoms with E-state index >= 15 is 0 Å². The number of likely N-dealkylation sites (N-methyl/N-ethyl adjacent to an activating group) is 2. The number of aromatic amines is 1. The lowest BCUT2D eigenvalue weighted by Gasteiger charge is -2.23. The first-order valence-electron chi connectivity index (χ1n) is 6.63. The highest BCUT2D eigenvalue weighted by atomic mass is 16.2. The average Bonchev–Trinajstić information content (AvgIpc) is 2.39. The summed E-state index contributed by atoms with van der Waals surface area (Å²) in [6, 6.07) is 1.37. The number of nitrogens with one attached hydrogen (secondary N) is 1. The molecule has 0 aromatic carbocycles. The second-order valence-electron chi connectivity index (χ2n) is 4.62. The summed E-state index contributed by atoms with van der Waals surface area (Å²) in [5.41, 5.74) is 0.396. The standard InChI is InChI=1S/C14H21N3O3/c1-5-17(6-2)13(19)9-16(4)14(20)11-8-15-10(3)7-12(11)18/h7-8H,5-6,9H2,1-4H3,(H,15,18). The third kappa shape index (κ3) is 3.69. The van der Waals surface area contributed by atoms with Crippen molar-refractivity contribution in [2.24, 2.45) is 0 Å². The Bertz CT molecular complexity index is 547. The summed E-state index contributed by atoms with van der Waals surface area (Å²) < 4.78 is 0. The minimum Gasteiger partial charge on any atom is -0.364 e. The van der Waals surface area contributed by atoms with E-state index in [4.69, 9.17) is 0 Å². The predicted octanol–water partition coefficient (Wildman–Crippen LogP) is 0.624. The molecule has 110 valence electrons. The molecular weight excluding hydrogens is 258 g/mol. The highest BCUT2D eigenvalue weighted by Crippen LogP contribution is 2.00. The van der Waals surface area contributed by atoms with Crippen LogP contribution in [0.5, 0.6) is 0 Å². The Morgan fingerprint density at radius 1 is 1.25 bits per heavy atom. The van der Waals surface area contributed by atoms with Crippen LogP contribution in [-0.2, 0) is 4.79 Å². The Morgan fingerprint density at radius 2 is 1.85 bits per heavy atom. The summed E-state index contributed by atoms with van der Waals surface area (Å²) in [5.74, 6) is -0.582. The summed E-state index contributed by atoms with van der Waals surface area (Å²) in [5, 5.41) is 0. The van der Waals surface area contributed by atoms with Crippen LogP contribution in [0.25, 0.3) is 0 Å². The first-order valence-corrected chi connectivity index (χ1v) is 6.63. The fourth-order valence-corrected chi connectivity index (χ4v) is 1.90. The van der Waals surface area contributed by atoms with E-state index in [0.717, 1.165) is 0 Å². The molecule has 0 aliphatic heterocycles. The molecule has 0 saturated heterocycles. The van der Waals surface area contributed by atoms with E-state index in [-0.39, 0.29) is 23.4 Å². The zero-order valence-electron chi connectivity index (χ0n) is 12.4. The van der Waals surface area contributed by atoms with Crippen LogP contribution in [0, 0.1) is 6.92 Å². The molecule has 0 spiro atoms. The molecule has 0 aliphatic rings. The molecular formula is C14H21N3O3. The molecule has 1 aromatic rings. The fourth-order valence-electron chi connectivity index (χ4n) is 1.90. The lowest BCUT2D eigenvalue weighted by atomic mass is 10.2. The molecule has 0 saturated carbocycles. The Balaban J connectivity index is 2.82. The Hall–Kier alpha value is -2.11. The normalized spacial score (nSPS) is 10.2. The smallest absolute Gasteiger partial charge is 0.259 e. The minimum atomic E-state index is -0.452. The number of carbonyl (C=O) groups is 2. The van der Waals surface area contributed by atoms with E-state index in [9.17, 15) is 14.4 Å². The number of aryl methyl sites for hydroxylation is 1. The fraction of sp³-hybridized carbons (Fsp3) is 0.500. The van der Waals surface area contributed by atoms with Crippen LogP contribution in [0.15, 0.2) is 17.1 Å². The van der Waals surface area contributed by atoms with Crippen molar-refractivity contribution >= 4 is 11.8 Å². The van der Waals surface area contributed by atoms with Gasteiger partial charge in [0.25, 0.3) is 5.91 Å².